The molecule has 8 nitrogen and oxygen atoms in total. The molecule has 0 aliphatic rings. The second-order valence-electron chi connectivity index (χ2n) is 10.6. The van der Waals surface area contributed by atoms with E-state index in [9.17, 15) is 14.4 Å². The SMILES string of the molecule is C=C/C(=C\C=C(/C)Cn1ccccc1=O)Cc1cncc(C(=O)NCC(=N)c2cc(C)ccc2NCCC(=O)CCC)c1. The second-order valence-corrected chi connectivity index (χ2v) is 10.6. The van der Waals surface area contributed by atoms with Crippen molar-refractivity contribution in [2.24, 2.45) is 0 Å². The molecule has 1 aromatic carbocycles. The Bertz CT molecular complexity index is 1580. The van der Waals surface area contributed by atoms with Gasteiger partial charge in [0.05, 0.1) is 17.8 Å². The summed E-state index contributed by atoms with van der Waals surface area (Å²) < 4.78 is 1.64. The molecule has 0 unspecified atom stereocenters. The number of anilines is 1. The van der Waals surface area contributed by atoms with Crippen molar-refractivity contribution in [3.63, 3.8) is 0 Å². The number of aromatic nitrogens is 2. The highest BCUT2D eigenvalue weighted by atomic mass is 16.1. The van der Waals surface area contributed by atoms with Crippen molar-refractivity contribution in [3.8, 4) is 0 Å². The Labute approximate surface area is 253 Å². The van der Waals surface area contributed by atoms with Crippen molar-refractivity contribution in [1.82, 2.24) is 14.9 Å². The van der Waals surface area contributed by atoms with Gasteiger partial charge in [-0.1, -0.05) is 55.0 Å². The van der Waals surface area contributed by atoms with Crippen molar-refractivity contribution in [1.29, 1.82) is 5.41 Å². The Hall–Kier alpha value is -4.85. The third-order valence-electron chi connectivity index (χ3n) is 6.80. The Morgan fingerprint density at radius 2 is 1.91 bits per heavy atom. The lowest BCUT2D eigenvalue weighted by Crippen LogP contribution is -2.30. The first-order chi connectivity index (χ1) is 20.7. The summed E-state index contributed by atoms with van der Waals surface area (Å²) in [4.78, 5) is 41.1. The van der Waals surface area contributed by atoms with Crippen LogP contribution in [0.25, 0.3) is 0 Å². The number of benzene rings is 1. The van der Waals surface area contributed by atoms with E-state index < -0.39 is 0 Å². The van der Waals surface area contributed by atoms with Crippen LogP contribution >= 0.6 is 0 Å². The fraction of sp³-hybridized carbons (Fsp3) is 0.286. The maximum Gasteiger partial charge on any atom is 0.253 e. The molecule has 0 radical (unpaired) electrons. The summed E-state index contributed by atoms with van der Waals surface area (Å²) >= 11 is 0. The Morgan fingerprint density at radius 1 is 1.09 bits per heavy atom. The number of Topliss-reactive ketones (excluding diaryl/α,β-unsaturated/α-hetero) is 1. The zero-order chi connectivity index (χ0) is 31.2. The van der Waals surface area contributed by atoms with Gasteiger partial charge >= 0.3 is 0 Å². The van der Waals surface area contributed by atoms with Crippen LogP contribution in [0.2, 0.25) is 0 Å². The lowest BCUT2D eigenvalue weighted by molar-refractivity contribution is -0.118. The van der Waals surface area contributed by atoms with E-state index in [0.717, 1.165) is 34.4 Å². The number of nitrogens with zero attached hydrogens (tertiary/aromatic N) is 2. The minimum atomic E-state index is -0.320. The quantitative estimate of drug-likeness (QED) is 0.146. The Balaban J connectivity index is 1.62. The molecule has 224 valence electrons. The minimum absolute atomic E-state index is 0.0440. The molecule has 43 heavy (non-hydrogen) atoms. The van der Waals surface area contributed by atoms with Gasteiger partial charge in [-0.3, -0.25) is 19.4 Å². The highest BCUT2D eigenvalue weighted by Crippen LogP contribution is 2.18. The molecule has 2 aromatic heterocycles. The smallest absolute Gasteiger partial charge is 0.253 e. The van der Waals surface area contributed by atoms with Crippen LogP contribution in [-0.2, 0) is 17.8 Å². The number of hydrogen-bond donors (Lipinski definition) is 3. The van der Waals surface area contributed by atoms with E-state index in [0.29, 0.717) is 43.5 Å². The highest BCUT2D eigenvalue weighted by molar-refractivity contribution is 6.07. The topological polar surface area (TPSA) is 117 Å². The number of aryl methyl sites for hydroxylation is 1. The first kappa shape index (κ1) is 32.7. The Morgan fingerprint density at radius 3 is 2.65 bits per heavy atom. The van der Waals surface area contributed by atoms with Crippen molar-refractivity contribution in [2.75, 3.05) is 18.4 Å². The molecule has 3 N–H and O–H groups in total. The summed E-state index contributed by atoms with van der Waals surface area (Å²) in [7, 11) is 0. The predicted octanol–water partition coefficient (Wildman–Crippen LogP) is 5.82. The lowest BCUT2D eigenvalue weighted by Gasteiger charge is -2.14. The van der Waals surface area contributed by atoms with Gasteiger partial charge < -0.3 is 20.6 Å². The first-order valence-corrected chi connectivity index (χ1v) is 14.5. The zero-order valence-corrected chi connectivity index (χ0v) is 25.3. The van der Waals surface area contributed by atoms with E-state index >= 15 is 0 Å². The molecule has 0 fully saturated rings. The van der Waals surface area contributed by atoms with E-state index in [2.05, 4.69) is 22.2 Å². The molecule has 2 heterocycles. The molecule has 8 heteroatoms. The first-order valence-electron chi connectivity index (χ1n) is 14.5. The molecular formula is C35H41N5O3. The number of hydrogen-bond acceptors (Lipinski definition) is 6. The number of allylic oxidation sites excluding steroid dienone is 5. The third kappa shape index (κ3) is 10.5. The third-order valence-corrected chi connectivity index (χ3v) is 6.80. The fourth-order valence-electron chi connectivity index (χ4n) is 4.47. The Kier molecular flexibility index (Phi) is 12.6. The van der Waals surface area contributed by atoms with Crippen LogP contribution in [0.4, 0.5) is 5.69 Å². The van der Waals surface area contributed by atoms with Crippen LogP contribution in [0.15, 0.2) is 102 Å². The van der Waals surface area contributed by atoms with Gasteiger partial charge in [0.1, 0.15) is 5.78 Å². The van der Waals surface area contributed by atoms with Gasteiger partial charge in [0.15, 0.2) is 0 Å². The molecular weight excluding hydrogens is 538 g/mol. The van der Waals surface area contributed by atoms with Gasteiger partial charge in [0.2, 0.25) is 0 Å². The molecule has 0 spiro atoms. The monoisotopic (exact) mass is 579 g/mol. The van der Waals surface area contributed by atoms with Crippen molar-refractivity contribution in [2.45, 2.75) is 53.0 Å². The number of amides is 1. The molecule has 3 rings (SSSR count). The highest BCUT2D eigenvalue weighted by Gasteiger charge is 2.13. The normalized spacial score (nSPS) is 11.6. The molecule has 3 aromatic rings. The van der Waals surface area contributed by atoms with Gasteiger partial charge in [0, 0.05) is 61.8 Å². The number of pyridine rings is 2. The number of ketones is 1. The molecule has 0 bridgehead atoms. The number of rotatable bonds is 16. The second kappa shape index (κ2) is 16.6. The van der Waals surface area contributed by atoms with Crippen LogP contribution in [0, 0.1) is 12.3 Å². The van der Waals surface area contributed by atoms with Crippen LogP contribution in [0.3, 0.4) is 0 Å². The van der Waals surface area contributed by atoms with Crippen molar-refractivity contribution in [3.05, 3.63) is 130 Å². The average Bonchev–Trinajstić information content (AvgIpc) is 3.00. The van der Waals surface area contributed by atoms with Crippen LogP contribution in [-0.4, -0.2) is 40.0 Å². The van der Waals surface area contributed by atoms with Crippen molar-refractivity contribution < 1.29 is 9.59 Å². The summed E-state index contributed by atoms with van der Waals surface area (Å²) in [5.74, 6) is -0.107. The van der Waals surface area contributed by atoms with Crippen LogP contribution in [0.5, 0.6) is 0 Å². The van der Waals surface area contributed by atoms with Gasteiger partial charge in [-0.2, -0.15) is 0 Å². The predicted molar refractivity (Wildman–Crippen MR) is 174 cm³/mol. The summed E-state index contributed by atoms with van der Waals surface area (Å²) in [5, 5.41) is 14.8. The van der Waals surface area contributed by atoms with Gasteiger partial charge in [-0.05, 0) is 62.1 Å². The number of nitrogens with one attached hydrogen (secondary N) is 3. The van der Waals surface area contributed by atoms with Gasteiger partial charge in [-0.25, -0.2) is 0 Å². The number of carbonyl (C=O) groups excluding carboxylic acids is 2. The van der Waals surface area contributed by atoms with E-state index in [1.807, 2.05) is 57.2 Å². The summed E-state index contributed by atoms with van der Waals surface area (Å²) in [6.07, 6.45) is 13.0. The molecule has 0 aliphatic heterocycles. The van der Waals surface area contributed by atoms with E-state index in [1.165, 1.54) is 12.3 Å². The van der Waals surface area contributed by atoms with E-state index in [1.54, 1.807) is 35.2 Å². The van der Waals surface area contributed by atoms with E-state index in [4.69, 9.17) is 5.41 Å². The van der Waals surface area contributed by atoms with E-state index in [-0.39, 0.29) is 29.5 Å². The lowest BCUT2D eigenvalue weighted by atomic mass is 10.0. The van der Waals surface area contributed by atoms with Gasteiger partial charge in [0.25, 0.3) is 11.5 Å². The van der Waals surface area contributed by atoms with Crippen LogP contribution in [0.1, 0.15) is 60.2 Å². The summed E-state index contributed by atoms with van der Waals surface area (Å²) in [6, 6.07) is 12.6. The maximum absolute atomic E-state index is 13.0. The largest absolute Gasteiger partial charge is 0.384 e. The average molecular weight is 580 g/mol. The molecule has 1 amide bonds. The molecule has 0 saturated heterocycles. The number of carbonyl (C=O) groups is 2. The summed E-state index contributed by atoms with van der Waals surface area (Å²) in [6.45, 7) is 10.9. The zero-order valence-electron chi connectivity index (χ0n) is 25.3. The fourth-order valence-corrected chi connectivity index (χ4v) is 4.47. The van der Waals surface area contributed by atoms with Crippen LogP contribution < -0.4 is 16.2 Å². The standard InChI is InChI=1S/C35H41N5O3/c1-5-9-30(41)15-16-38-33-14-12-25(3)18-31(33)32(36)23-39-35(43)29-20-28(21-37-22-29)19-27(6-2)13-11-26(4)24-40-17-8-7-10-34(40)42/h6-8,10-14,17-18,20-22,36,38H,2,5,9,15-16,19,23-24H2,1,3-4H3,(H,39,43)/b26-11+,27-13+,36-32?. The maximum atomic E-state index is 13.0. The molecule has 0 atom stereocenters. The minimum Gasteiger partial charge on any atom is -0.384 e. The van der Waals surface area contributed by atoms with Crippen molar-refractivity contribution >= 4 is 23.1 Å². The summed E-state index contributed by atoms with van der Waals surface area (Å²) in [5.41, 5.74) is 5.88. The molecule has 0 saturated carbocycles. The molecule has 0 aliphatic carbocycles. The van der Waals surface area contributed by atoms with Gasteiger partial charge in [-0.15, -0.1) is 0 Å².